The molecule has 158 valence electrons. The highest BCUT2D eigenvalue weighted by Crippen LogP contribution is 2.24. The van der Waals surface area contributed by atoms with Gasteiger partial charge in [-0.15, -0.1) is 18.3 Å². The zero-order valence-corrected chi connectivity index (χ0v) is 15.9. The van der Waals surface area contributed by atoms with Crippen molar-refractivity contribution in [1.82, 2.24) is 20.3 Å². The molecule has 1 atom stereocenters. The molecule has 1 aromatic heterocycles. The summed E-state index contributed by atoms with van der Waals surface area (Å²) in [6, 6.07) is 9.31. The Morgan fingerprint density at radius 3 is 2.47 bits per heavy atom. The van der Waals surface area contributed by atoms with Gasteiger partial charge < -0.3 is 14.8 Å². The Hall–Kier alpha value is -3.63. The number of hydrogen-bond acceptors (Lipinski definition) is 6. The number of ether oxygens (including phenoxy) is 2. The minimum Gasteiger partial charge on any atom is -0.497 e. The van der Waals surface area contributed by atoms with Crippen LogP contribution in [0.5, 0.6) is 11.5 Å². The molecule has 0 radical (unpaired) electrons. The number of rotatable bonds is 6. The normalized spacial score (nSPS) is 12.4. The average molecular weight is 422 g/mol. The van der Waals surface area contributed by atoms with E-state index in [0.717, 1.165) is 16.8 Å². The van der Waals surface area contributed by atoms with Crippen LogP contribution in [0.15, 0.2) is 47.3 Å². The van der Waals surface area contributed by atoms with Crippen LogP contribution in [0.25, 0.3) is 10.9 Å². The minimum atomic E-state index is -4.78. The first-order valence-electron chi connectivity index (χ1n) is 8.73. The Kier molecular flexibility index (Phi) is 5.90. The van der Waals surface area contributed by atoms with Gasteiger partial charge in [-0.05, 0) is 42.8 Å². The molecular formula is C19H17F3N4O4. The second-order valence-electron chi connectivity index (χ2n) is 6.34. The predicted octanol–water partition coefficient (Wildman–Crippen LogP) is 2.58. The van der Waals surface area contributed by atoms with Gasteiger partial charge in [-0.3, -0.25) is 9.59 Å². The van der Waals surface area contributed by atoms with E-state index in [4.69, 9.17) is 4.74 Å². The molecule has 0 aliphatic carbocycles. The van der Waals surface area contributed by atoms with Crippen molar-refractivity contribution < 1.29 is 27.4 Å². The van der Waals surface area contributed by atoms with Gasteiger partial charge in [-0.25, -0.2) is 4.68 Å². The molecule has 11 heteroatoms. The second kappa shape index (κ2) is 8.39. The van der Waals surface area contributed by atoms with Crippen molar-refractivity contribution in [2.45, 2.75) is 25.9 Å². The van der Waals surface area contributed by atoms with Crippen LogP contribution < -0.4 is 20.3 Å². The summed E-state index contributed by atoms with van der Waals surface area (Å²) in [6.07, 6.45) is -4.78. The van der Waals surface area contributed by atoms with Crippen LogP contribution in [0.4, 0.5) is 13.2 Å². The standard InChI is InChI=1S/C19H17F3N4O4/c1-11(12-3-5-13(6-4-12)30-19(20,21)22)23-17(27)10-26-18(28)15-9-14(29-2)7-8-16(15)24-25-26/h3-9,11H,10H2,1-2H3,(H,23,27)/t11-/m0/s1. The van der Waals surface area contributed by atoms with Crippen LogP contribution in [-0.4, -0.2) is 34.4 Å². The van der Waals surface area contributed by atoms with Crippen molar-refractivity contribution in [2.24, 2.45) is 0 Å². The molecule has 2 aromatic carbocycles. The fourth-order valence-electron chi connectivity index (χ4n) is 2.75. The summed E-state index contributed by atoms with van der Waals surface area (Å²) in [5, 5.41) is 10.6. The Bertz CT molecular complexity index is 1110. The first-order chi connectivity index (χ1) is 14.2. The lowest BCUT2D eigenvalue weighted by Gasteiger charge is -2.15. The molecule has 30 heavy (non-hydrogen) atoms. The Morgan fingerprint density at radius 1 is 1.17 bits per heavy atom. The summed E-state index contributed by atoms with van der Waals surface area (Å²) in [5.74, 6) is -0.412. The quantitative estimate of drug-likeness (QED) is 0.656. The molecule has 0 unspecified atom stereocenters. The van der Waals surface area contributed by atoms with Gasteiger partial charge in [0.15, 0.2) is 0 Å². The Balaban J connectivity index is 1.69. The Labute approximate surface area is 168 Å². The van der Waals surface area contributed by atoms with Gasteiger partial charge in [0.2, 0.25) is 5.91 Å². The monoisotopic (exact) mass is 422 g/mol. The van der Waals surface area contributed by atoms with Crippen molar-refractivity contribution >= 4 is 16.8 Å². The van der Waals surface area contributed by atoms with Crippen LogP contribution in [0, 0.1) is 0 Å². The van der Waals surface area contributed by atoms with Crippen molar-refractivity contribution in [2.75, 3.05) is 7.11 Å². The summed E-state index contributed by atoms with van der Waals surface area (Å²) in [4.78, 5) is 24.9. The van der Waals surface area contributed by atoms with E-state index in [1.54, 1.807) is 19.1 Å². The zero-order chi connectivity index (χ0) is 21.9. The van der Waals surface area contributed by atoms with E-state index in [9.17, 15) is 22.8 Å². The van der Waals surface area contributed by atoms with Crippen molar-refractivity contribution in [3.8, 4) is 11.5 Å². The van der Waals surface area contributed by atoms with Crippen LogP contribution in [-0.2, 0) is 11.3 Å². The van der Waals surface area contributed by atoms with Gasteiger partial charge in [-0.2, -0.15) is 0 Å². The molecule has 3 rings (SSSR count). The first kappa shape index (κ1) is 21.1. The van der Waals surface area contributed by atoms with Crippen LogP contribution in [0.2, 0.25) is 0 Å². The summed E-state index contributed by atoms with van der Waals surface area (Å²) in [5.41, 5.74) is 0.418. The summed E-state index contributed by atoms with van der Waals surface area (Å²) < 4.78 is 46.5. The number of nitrogens with one attached hydrogen (secondary N) is 1. The highest BCUT2D eigenvalue weighted by molar-refractivity contribution is 5.79. The Morgan fingerprint density at radius 2 is 1.83 bits per heavy atom. The summed E-state index contributed by atoms with van der Waals surface area (Å²) in [6.45, 7) is 1.27. The number of fused-ring (bicyclic) bond motifs is 1. The van der Waals surface area contributed by atoms with Crippen molar-refractivity contribution in [3.05, 3.63) is 58.4 Å². The molecule has 1 amide bonds. The lowest BCUT2D eigenvalue weighted by Crippen LogP contribution is -2.35. The summed E-state index contributed by atoms with van der Waals surface area (Å²) in [7, 11) is 1.46. The van der Waals surface area contributed by atoms with Crippen LogP contribution in [0.3, 0.4) is 0 Å². The van der Waals surface area contributed by atoms with Gasteiger partial charge >= 0.3 is 6.36 Å². The van der Waals surface area contributed by atoms with Crippen LogP contribution in [0.1, 0.15) is 18.5 Å². The van der Waals surface area contributed by atoms with Gasteiger partial charge in [0.1, 0.15) is 23.6 Å². The number of halogens is 3. The highest BCUT2D eigenvalue weighted by Gasteiger charge is 2.31. The second-order valence-corrected chi connectivity index (χ2v) is 6.34. The van der Waals surface area contributed by atoms with E-state index in [1.165, 1.54) is 25.3 Å². The fraction of sp³-hybridized carbons (Fsp3) is 0.263. The number of carbonyl (C=O) groups excluding carboxylic acids is 1. The van der Waals surface area contributed by atoms with Crippen molar-refractivity contribution in [3.63, 3.8) is 0 Å². The predicted molar refractivity (Wildman–Crippen MR) is 100 cm³/mol. The maximum Gasteiger partial charge on any atom is 0.573 e. The van der Waals surface area contributed by atoms with Crippen LogP contribution >= 0.6 is 0 Å². The van der Waals surface area contributed by atoms with E-state index >= 15 is 0 Å². The molecule has 0 saturated carbocycles. The minimum absolute atomic E-state index is 0.255. The average Bonchev–Trinajstić information content (AvgIpc) is 2.69. The van der Waals surface area contributed by atoms with Gasteiger partial charge in [0.25, 0.3) is 5.56 Å². The van der Waals surface area contributed by atoms with E-state index in [2.05, 4.69) is 20.4 Å². The number of hydrogen-bond donors (Lipinski definition) is 1. The molecular weight excluding hydrogens is 405 g/mol. The SMILES string of the molecule is COc1ccc2nnn(CC(=O)N[C@@H](C)c3ccc(OC(F)(F)F)cc3)c(=O)c2c1. The van der Waals surface area contributed by atoms with Gasteiger partial charge in [0.05, 0.1) is 18.5 Å². The highest BCUT2D eigenvalue weighted by atomic mass is 19.4. The number of aromatic nitrogens is 3. The largest absolute Gasteiger partial charge is 0.573 e. The van der Waals surface area contributed by atoms with Gasteiger partial charge in [-0.1, -0.05) is 17.3 Å². The molecule has 0 fully saturated rings. The zero-order valence-electron chi connectivity index (χ0n) is 15.9. The summed E-state index contributed by atoms with van der Waals surface area (Å²) >= 11 is 0. The van der Waals surface area contributed by atoms with Gasteiger partial charge in [0, 0.05) is 0 Å². The maximum absolute atomic E-state index is 12.6. The third-order valence-electron chi connectivity index (χ3n) is 4.21. The number of methoxy groups -OCH3 is 1. The number of amides is 1. The molecule has 8 nitrogen and oxygen atoms in total. The molecule has 0 bridgehead atoms. The lowest BCUT2D eigenvalue weighted by molar-refractivity contribution is -0.274. The third kappa shape index (κ3) is 5.04. The molecule has 1 heterocycles. The number of carbonyl (C=O) groups is 1. The first-order valence-corrected chi connectivity index (χ1v) is 8.73. The lowest BCUT2D eigenvalue weighted by atomic mass is 10.1. The van der Waals surface area contributed by atoms with Crippen molar-refractivity contribution in [1.29, 1.82) is 0 Å². The number of alkyl halides is 3. The van der Waals surface area contributed by atoms with E-state index in [1.807, 2.05) is 0 Å². The molecule has 0 aliphatic rings. The fourth-order valence-corrected chi connectivity index (χ4v) is 2.75. The number of benzene rings is 2. The van der Waals surface area contributed by atoms with E-state index in [-0.39, 0.29) is 17.7 Å². The van der Waals surface area contributed by atoms with E-state index < -0.39 is 23.9 Å². The topological polar surface area (TPSA) is 95.3 Å². The molecule has 0 saturated heterocycles. The molecule has 0 aliphatic heterocycles. The molecule has 1 N–H and O–H groups in total. The smallest absolute Gasteiger partial charge is 0.497 e. The maximum atomic E-state index is 12.6. The molecule has 3 aromatic rings. The van der Waals surface area contributed by atoms with E-state index in [0.29, 0.717) is 16.8 Å². The third-order valence-corrected chi connectivity index (χ3v) is 4.21. The molecule has 0 spiro atoms. The number of nitrogens with zero attached hydrogens (tertiary/aromatic N) is 3.